The highest BCUT2D eigenvalue weighted by molar-refractivity contribution is 14.1. The second-order valence-corrected chi connectivity index (χ2v) is 8.21. The Kier molecular flexibility index (Phi) is 6.20. The number of nitrogens with zero attached hydrogens (tertiary/aromatic N) is 1. The molecule has 0 fully saturated rings. The van der Waals surface area contributed by atoms with E-state index in [-0.39, 0.29) is 17.3 Å². The van der Waals surface area contributed by atoms with Gasteiger partial charge in [-0.05, 0) is 58.0 Å². The summed E-state index contributed by atoms with van der Waals surface area (Å²) in [6.07, 6.45) is 0. The largest absolute Gasteiger partial charge is 0.503 e. The first-order valence-corrected chi connectivity index (χ1v) is 10.1. The van der Waals surface area contributed by atoms with Crippen LogP contribution in [0.2, 0.25) is 0 Å². The number of hydrogen-bond acceptors (Lipinski definition) is 4. The minimum atomic E-state index is -0.700. The van der Waals surface area contributed by atoms with Crippen LogP contribution in [0.1, 0.15) is 31.0 Å². The van der Waals surface area contributed by atoms with Gasteiger partial charge in [-0.2, -0.15) is 0 Å². The Labute approximate surface area is 178 Å². The van der Waals surface area contributed by atoms with Crippen molar-refractivity contribution >= 4 is 40.0 Å². The maximum absolute atomic E-state index is 13.0. The Morgan fingerprint density at radius 3 is 2.43 bits per heavy atom. The summed E-state index contributed by atoms with van der Waals surface area (Å²) < 4.78 is 6.34. The Morgan fingerprint density at radius 2 is 1.82 bits per heavy atom. The van der Waals surface area contributed by atoms with Crippen LogP contribution in [0.5, 0.6) is 0 Å². The number of carbonyl (C=O) groups excluding carboxylic acids is 2. The fourth-order valence-electron chi connectivity index (χ4n) is 3.42. The van der Waals surface area contributed by atoms with Crippen molar-refractivity contribution in [2.75, 3.05) is 12.0 Å². The molecule has 3 rings (SSSR count). The van der Waals surface area contributed by atoms with Crippen molar-refractivity contribution in [1.82, 2.24) is 0 Å². The smallest absolute Gasteiger partial charge is 0.294 e. The Hall–Kier alpha value is -2.19. The van der Waals surface area contributed by atoms with E-state index in [1.165, 1.54) is 4.90 Å². The number of benzene rings is 2. The topological polar surface area (TPSA) is 66.8 Å². The molecule has 1 heterocycles. The van der Waals surface area contributed by atoms with Gasteiger partial charge in [-0.1, -0.05) is 38.1 Å². The Balaban J connectivity index is 2.22. The molecule has 0 spiro atoms. The predicted octanol–water partition coefficient (Wildman–Crippen LogP) is 4.56. The van der Waals surface area contributed by atoms with Crippen molar-refractivity contribution in [3.63, 3.8) is 0 Å². The molecule has 1 amide bonds. The summed E-state index contributed by atoms with van der Waals surface area (Å²) in [5.41, 5.74) is 2.40. The van der Waals surface area contributed by atoms with E-state index < -0.39 is 17.7 Å². The predicted molar refractivity (Wildman–Crippen MR) is 116 cm³/mol. The third kappa shape index (κ3) is 3.71. The maximum Gasteiger partial charge on any atom is 0.294 e. The van der Waals surface area contributed by atoms with E-state index >= 15 is 0 Å². The highest BCUT2D eigenvalue weighted by Gasteiger charge is 2.45. The summed E-state index contributed by atoms with van der Waals surface area (Å²) in [4.78, 5) is 27.5. The van der Waals surface area contributed by atoms with E-state index in [9.17, 15) is 14.7 Å². The lowest BCUT2D eigenvalue weighted by Crippen LogP contribution is -2.32. The second-order valence-electron chi connectivity index (χ2n) is 6.97. The van der Waals surface area contributed by atoms with Crippen LogP contribution >= 0.6 is 22.6 Å². The van der Waals surface area contributed by atoms with Crippen molar-refractivity contribution < 1.29 is 19.4 Å². The van der Waals surface area contributed by atoms with Crippen molar-refractivity contribution in [2.24, 2.45) is 5.92 Å². The van der Waals surface area contributed by atoms with Gasteiger partial charge in [0.25, 0.3) is 5.91 Å². The molecule has 1 atom stereocenters. The van der Waals surface area contributed by atoms with Crippen LogP contribution in [0.4, 0.5) is 5.69 Å². The molecule has 2 aromatic rings. The molecule has 146 valence electrons. The monoisotopic (exact) mass is 491 g/mol. The van der Waals surface area contributed by atoms with E-state index in [1.807, 2.05) is 48.5 Å². The highest BCUT2D eigenvalue weighted by Crippen LogP contribution is 2.43. The van der Waals surface area contributed by atoms with Gasteiger partial charge in [-0.3, -0.25) is 14.5 Å². The minimum Gasteiger partial charge on any atom is -0.503 e. The Bertz CT molecular complexity index is 934. The van der Waals surface area contributed by atoms with Crippen LogP contribution in [0, 0.1) is 9.49 Å². The number of amides is 1. The number of methoxy groups -OCH3 is 1. The van der Waals surface area contributed by atoms with Gasteiger partial charge in [-0.25, -0.2) is 0 Å². The third-order valence-electron chi connectivity index (χ3n) is 4.75. The summed E-state index contributed by atoms with van der Waals surface area (Å²) in [5, 5.41) is 10.7. The molecule has 6 heteroatoms. The zero-order chi connectivity index (χ0) is 20.4. The zero-order valence-corrected chi connectivity index (χ0v) is 18.1. The first kappa shape index (κ1) is 20.5. The van der Waals surface area contributed by atoms with Crippen LogP contribution in [-0.2, 0) is 20.9 Å². The van der Waals surface area contributed by atoms with Gasteiger partial charge >= 0.3 is 0 Å². The van der Waals surface area contributed by atoms with Gasteiger partial charge in [0.05, 0.1) is 18.2 Å². The van der Waals surface area contributed by atoms with Gasteiger partial charge in [0, 0.05) is 22.3 Å². The van der Waals surface area contributed by atoms with Gasteiger partial charge < -0.3 is 9.84 Å². The lowest BCUT2D eigenvalue weighted by molar-refractivity contribution is -0.119. The maximum atomic E-state index is 13.0. The van der Waals surface area contributed by atoms with E-state index in [0.29, 0.717) is 12.3 Å². The molecule has 28 heavy (non-hydrogen) atoms. The van der Waals surface area contributed by atoms with Gasteiger partial charge in [0.15, 0.2) is 11.5 Å². The molecule has 1 aliphatic heterocycles. The van der Waals surface area contributed by atoms with Crippen LogP contribution < -0.4 is 4.90 Å². The number of ether oxygens (including phenoxy) is 1. The molecule has 1 aliphatic rings. The SMILES string of the molecule is COCc1ccccc1C1C(C(=O)C(C)C)=C(O)C(=O)N1c1ccc(I)cc1. The molecule has 0 aromatic heterocycles. The van der Waals surface area contributed by atoms with Gasteiger partial charge in [-0.15, -0.1) is 0 Å². The van der Waals surface area contributed by atoms with E-state index in [2.05, 4.69) is 22.6 Å². The summed E-state index contributed by atoms with van der Waals surface area (Å²) in [7, 11) is 1.60. The molecule has 0 saturated carbocycles. The zero-order valence-electron chi connectivity index (χ0n) is 16.0. The fraction of sp³-hybridized carbons (Fsp3) is 0.273. The van der Waals surface area contributed by atoms with E-state index in [0.717, 1.165) is 14.7 Å². The highest BCUT2D eigenvalue weighted by atomic mass is 127. The van der Waals surface area contributed by atoms with Crippen LogP contribution in [0.3, 0.4) is 0 Å². The normalized spacial score (nSPS) is 17.0. The molecule has 0 bridgehead atoms. The molecular formula is C22H22INO4. The van der Waals surface area contributed by atoms with Gasteiger partial charge in [0.1, 0.15) is 0 Å². The van der Waals surface area contributed by atoms with Crippen LogP contribution in [0.15, 0.2) is 59.9 Å². The number of halogens is 1. The molecule has 2 aromatic carbocycles. The van der Waals surface area contributed by atoms with Crippen LogP contribution in [0.25, 0.3) is 0 Å². The number of rotatable bonds is 6. The molecule has 0 aliphatic carbocycles. The molecule has 1 N–H and O–H groups in total. The summed E-state index contributed by atoms with van der Waals surface area (Å²) in [5.74, 6) is -1.63. The average molecular weight is 491 g/mol. The summed E-state index contributed by atoms with van der Waals surface area (Å²) in [6.45, 7) is 3.86. The molecule has 5 nitrogen and oxygen atoms in total. The summed E-state index contributed by atoms with van der Waals surface area (Å²) in [6, 6.07) is 14.2. The number of hydrogen-bond donors (Lipinski definition) is 1. The first-order valence-electron chi connectivity index (χ1n) is 9.00. The minimum absolute atomic E-state index is 0.141. The Morgan fingerprint density at radius 1 is 1.18 bits per heavy atom. The molecule has 0 saturated heterocycles. The van der Waals surface area contributed by atoms with Crippen molar-refractivity contribution in [2.45, 2.75) is 26.5 Å². The molecule has 1 unspecified atom stereocenters. The molecular weight excluding hydrogens is 469 g/mol. The number of aliphatic hydroxyl groups is 1. The number of ketones is 1. The van der Waals surface area contributed by atoms with Crippen molar-refractivity contribution in [3.8, 4) is 0 Å². The molecule has 0 radical (unpaired) electrons. The van der Waals surface area contributed by atoms with Gasteiger partial charge in [0.2, 0.25) is 0 Å². The first-order chi connectivity index (χ1) is 13.4. The van der Waals surface area contributed by atoms with E-state index in [1.54, 1.807) is 21.0 Å². The van der Waals surface area contributed by atoms with E-state index in [4.69, 9.17) is 4.74 Å². The quantitative estimate of drug-likeness (QED) is 0.602. The summed E-state index contributed by atoms with van der Waals surface area (Å²) >= 11 is 2.19. The number of carbonyl (C=O) groups is 2. The third-order valence-corrected chi connectivity index (χ3v) is 5.47. The standard InChI is InChI=1S/C22H22INO4/c1-13(2)20(25)18-19(17-7-5-4-6-14(17)12-28-3)24(22(27)21(18)26)16-10-8-15(23)9-11-16/h4-11,13,19,26H,12H2,1-3H3. The van der Waals surface area contributed by atoms with Crippen LogP contribution in [-0.4, -0.2) is 23.9 Å². The number of Topliss-reactive ketones (excluding diaryl/α,β-unsaturated/α-hetero) is 1. The lowest BCUT2D eigenvalue weighted by atomic mass is 9.89. The number of aliphatic hydroxyl groups excluding tert-OH is 1. The number of anilines is 1. The second kappa shape index (κ2) is 8.45. The van der Waals surface area contributed by atoms with Crippen molar-refractivity contribution in [1.29, 1.82) is 0 Å². The fourth-order valence-corrected chi connectivity index (χ4v) is 3.78. The lowest BCUT2D eigenvalue weighted by Gasteiger charge is -2.29. The average Bonchev–Trinajstić information content (AvgIpc) is 2.93. The van der Waals surface area contributed by atoms with Crippen molar-refractivity contribution in [3.05, 3.63) is 74.6 Å².